The first-order valence-electron chi connectivity index (χ1n) is 6.62. The van der Waals surface area contributed by atoms with E-state index in [1.54, 1.807) is 12.1 Å². The van der Waals surface area contributed by atoms with Crippen LogP contribution in [-0.2, 0) is 16.4 Å². The molecule has 2 aromatic rings. The molecule has 0 aliphatic rings. The summed E-state index contributed by atoms with van der Waals surface area (Å²) in [7, 11) is -3.73. The largest absolute Gasteiger partial charge is 0.263 e. The standard InChI is InChI=1S/C14H16N4O2S/c1-2-3-4-11-5-7-13(8-6-11)21(19,20)18-14-12(9-15)10-16-17-14/h5-8,10H,2-4H2,1H3,(H2,16,17,18). The Morgan fingerprint density at radius 2 is 2.05 bits per heavy atom. The average molecular weight is 304 g/mol. The van der Waals surface area contributed by atoms with Crippen LogP contribution in [0.4, 0.5) is 5.82 Å². The van der Waals surface area contributed by atoms with Crippen molar-refractivity contribution in [3.63, 3.8) is 0 Å². The number of rotatable bonds is 6. The Balaban J connectivity index is 2.18. The Labute approximate surface area is 123 Å². The van der Waals surface area contributed by atoms with Gasteiger partial charge in [-0.2, -0.15) is 10.4 Å². The van der Waals surface area contributed by atoms with Crippen LogP contribution in [0.25, 0.3) is 0 Å². The number of nitrogens with one attached hydrogen (secondary N) is 2. The zero-order valence-electron chi connectivity index (χ0n) is 11.6. The maximum atomic E-state index is 12.2. The molecule has 0 aliphatic heterocycles. The van der Waals surface area contributed by atoms with Crippen LogP contribution in [0.3, 0.4) is 0 Å². The monoisotopic (exact) mass is 304 g/mol. The molecule has 2 rings (SSSR count). The van der Waals surface area contributed by atoms with Crippen molar-refractivity contribution in [1.29, 1.82) is 5.26 Å². The lowest BCUT2D eigenvalue weighted by Gasteiger charge is -2.07. The number of hydrogen-bond donors (Lipinski definition) is 2. The number of aromatic amines is 1. The van der Waals surface area contributed by atoms with Crippen molar-refractivity contribution in [3.05, 3.63) is 41.6 Å². The summed E-state index contributed by atoms with van der Waals surface area (Å²) in [6.07, 6.45) is 4.37. The topological polar surface area (TPSA) is 98.6 Å². The molecule has 0 saturated carbocycles. The van der Waals surface area contributed by atoms with Crippen molar-refractivity contribution in [3.8, 4) is 6.07 Å². The van der Waals surface area contributed by atoms with Crippen molar-refractivity contribution in [2.75, 3.05) is 4.72 Å². The van der Waals surface area contributed by atoms with Gasteiger partial charge < -0.3 is 0 Å². The Morgan fingerprint density at radius 1 is 1.33 bits per heavy atom. The zero-order chi connectivity index (χ0) is 15.3. The van der Waals surface area contributed by atoms with Crippen LogP contribution < -0.4 is 4.72 Å². The maximum absolute atomic E-state index is 12.2. The van der Waals surface area contributed by atoms with Crippen LogP contribution in [0.2, 0.25) is 0 Å². The fourth-order valence-corrected chi connectivity index (χ4v) is 2.89. The average Bonchev–Trinajstić information content (AvgIpc) is 2.92. The molecule has 0 amide bonds. The second-order valence-corrected chi connectivity index (χ2v) is 6.31. The molecule has 1 aromatic carbocycles. The summed E-state index contributed by atoms with van der Waals surface area (Å²) in [6.45, 7) is 2.11. The zero-order valence-corrected chi connectivity index (χ0v) is 12.4. The van der Waals surface area contributed by atoms with E-state index in [0.29, 0.717) is 0 Å². The first-order valence-corrected chi connectivity index (χ1v) is 8.10. The molecule has 0 saturated heterocycles. The molecule has 0 atom stereocenters. The summed E-state index contributed by atoms with van der Waals surface area (Å²) in [6, 6.07) is 8.61. The lowest BCUT2D eigenvalue weighted by Crippen LogP contribution is -2.14. The van der Waals surface area contributed by atoms with Gasteiger partial charge in [0.15, 0.2) is 5.82 Å². The number of H-pyrrole nitrogens is 1. The summed E-state index contributed by atoms with van der Waals surface area (Å²) in [4.78, 5) is 0.154. The third-order valence-electron chi connectivity index (χ3n) is 3.05. The van der Waals surface area contributed by atoms with Gasteiger partial charge in [0, 0.05) is 0 Å². The fraction of sp³-hybridized carbons (Fsp3) is 0.286. The number of anilines is 1. The van der Waals surface area contributed by atoms with Crippen molar-refractivity contribution in [2.24, 2.45) is 0 Å². The molecule has 0 aliphatic carbocycles. The number of aryl methyl sites for hydroxylation is 1. The second kappa shape index (κ2) is 6.41. The lowest BCUT2D eigenvalue weighted by atomic mass is 10.1. The van der Waals surface area contributed by atoms with Crippen molar-refractivity contribution in [2.45, 2.75) is 31.1 Å². The Bertz CT molecular complexity index is 742. The predicted molar refractivity (Wildman–Crippen MR) is 79.2 cm³/mol. The molecular formula is C14H16N4O2S. The second-order valence-electron chi connectivity index (χ2n) is 4.62. The molecule has 110 valence electrons. The van der Waals surface area contributed by atoms with Gasteiger partial charge in [-0.3, -0.25) is 9.82 Å². The third kappa shape index (κ3) is 3.61. The number of aromatic nitrogens is 2. The van der Waals surface area contributed by atoms with E-state index in [2.05, 4.69) is 21.8 Å². The molecule has 0 radical (unpaired) electrons. The number of nitrogens with zero attached hydrogens (tertiary/aromatic N) is 2. The summed E-state index contributed by atoms with van der Waals surface area (Å²) < 4.78 is 26.8. The van der Waals surface area contributed by atoms with Crippen LogP contribution in [0, 0.1) is 11.3 Å². The number of benzene rings is 1. The van der Waals surface area contributed by atoms with E-state index in [1.165, 1.54) is 6.20 Å². The van der Waals surface area contributed by atoms with E-state index in [-0.39, 0.29) is 16.3 Å². The van der Waals surface area contributed by atoms with Crippen LogP contribution in [0.5, 0.6) is 0 Å². The summed E-state index contributed by atoms with van der Waals surface area (Å²) in [5.41, 5.74) is 1.26. The molecule has 0 fully saturated rings. The van der Waals surface area contributed by atoms with Gasteiger partial charge in [-0.25, -0.2) is 8.42 Å². The molecule has 0 spiro atoms. The van der Waals surface area contributed by atoms with E-state index in [1.807, 2.05) is 18.2 Å². The molecular weight excluding hydrogens is 288 g/mol. The fourth-order valence-electron chi connectivity index (χ4n) is 1.86. The molecule has 2 N–H and O–H groups in total. The molecule has 1 aromatic heterocycles. The van der Waals surface area contributed by atoms with E-state index in [4.69, 9.17) is 5.26 Å². The number of unbranched alkanes of at least 4 members (excludes halogenated alkanes) is 1. The Hall–Kier alpha value is -2.33. The van der Waals surface area contributed by atoms with Crippen LogP contribution >= 0.6 is 0 Å². The van der Waals surface area contributed by atoms with E-state index < -0.39 is 10.0 Å². The van der Waals surface area contributed by atoms with Gasteiger partial charge >= 0.3 is 0 Å². The molecule has 21 heavy (non-hydrogen) atoms. The first-order chi connectivity index (χ1) is 10.1. The highest BCUT2D eigenvalue weighted by molar-refractivity contribution is 7.92. The number of nitriles is 1. The predicted octanol–water partition coefficient (Wildman–Crippen LogP) is 2.42. The van der Waals surface area contributed by atoms with Gasteiger partial charge in [0.1, 0.15) is 11.6 Å². The SMILES string of the molecule is CCCCc1ccc(S(=O)(=O)Nc2[nH]ncc2C#N)cc1. The quantitative estimate of drug-likeness (QED) is 0.856. The molecule has 1 heterocycles. The van der Waals surface area contributed by atoms with E-state index >= 15 is 0 Å². The molecule has 0 bridgehead atoms. The minimum atomic E-state index is -3.73. The minimum Gasteiger partial charge on any atom is -0.263 e. The molecule has 6 nitrogen and oxygen atoms in total. The molecule has 7 heteroatoms. The summed E-state index contributed by atoms with van der Waals surface area (Å²) in [5, 5.41) is 15.0. The minimum absolute atomic E-state index is 0.0764. The van der Waals surface area contributed by atoms with Gasteiger partial charge in [-0.1, -0.05) is 25.5 Å². The van der Waals surface area contributed by atoms with E-state index in [9.17, 15) is 8.42 Å². The van der Waals surface area contributed by atoms with Crippen LogP contribution in [-0.4, -0.2) is 18.6 Å². The number of sulfonamides is 1. The highest BCUT2D eigenvalue weighted by Gasteiger charge is 2.17. The van der Waals surface area contributed by atoms with Gasteiger partial charge in [-0.05, 0) is 30.5 Å². The highest BCUT2D eigenvalue weighted by Crippen LogP contribution is 2.18. The van der Waals surface area contributed by atoms with Gasteiger partial charge in [0.05, 0.1) is 11.1 Å². The Morgan fingerprint density at radius 3 is 2.67 bits per heavy atom. The van der Waals surface area contributed by atoms with Gasteiger partial charge in [-0.15, -0.1) is 0 Å². The summed E-state index contributed by atoms with van der Waals surface area (Å²) in [5.74, 6) is 0.0764. The van der Waals surface area contributed by atoms with Crippen LogP contribution in [0.15, 0.2) is 35.4 Å². The van der Waals surface area contributed by atoms with Crippen LogP contribution in [0.1, 0.15) is 30.9 Å². The summed E-state index contributed by atoms with van der Waals surface area (Å²) >= 11 is 0. The smallest absolute Gasteiger partial charge is 0.263 e. The van der Waals surface area contributed by atoms with Gasteiger partial charge in [0.25, 0.3) is 10.0 Å². The van der Waals surface area contributed by atoms with Gasteiger partial charge in [0.2, 0.25) is 0 Å². The first kappa shape index (κ1) is 15.1. The lowest BCUT2D eigenvalue weighted by molar-refractivity contribution is 0.601. The van der Waals surface area contributed by atoms with Crippen molar-refractivity contribution in [1.82, 2.24) is 10.2 Å². The highest BCUT2D eigenvalue weighted by atomic mass is 32.2. The molecule has 0 unspecified atom stereocenters. The van der Waals surface area contributed by atoms with Crippen molar-refractivity contribution >= 4 is 15.8 Å². The normalized spacial score (nSPS) is 11.0. The van der Waals surface area contributed by atoms with E-state index in [0.717, 1.165) is 24.8 Å². The maximum Gasteiger partial charge on any atom is 0.263 e. The number of hydrogen-bond acceptors (Lipinski definition) is 4. The van der Waals surface area contributed by atoms with Crippen molar-refractivity contribution < 1.29 is 8.42 Å². The Kier molecular flexibility index (Phi) is 4.60. The third-order valence-corrected chi connectivity index (χ3v) is 4.41.